The molecule has 0 unspecified atom stereocenters. The van der Waals surface area contributed by atoms with Crippen LogP contribution in [0.5, 0.6) is 0 Å². The summed E-state index contributed by atoms with van der Waals surface area (Å²) in [6.07, 6.45) is 1.75. The summed E-state index contributed by atoms with van der Waals surface area (Å²) in [4.78, 5) is 4.90. The minimum absolute atomic E-state index is 0.843. The second kappa shape index (κ2) is 4.25. The Balaban J connectivity index is 2.77. The Hall–Kier alpha value is -2.06. The van der Waals surface area contributed by atoms with Gasteiger partial charge in [-0.2, -0.15) is 8.78 Å². The first-order valence-electron chi connectivity index (χ1n) is 4.68. The van der Waals surface area contributed by atoms with Gasteiger partial charge in [-0.25, -0.2) is 26.9 Å². The maximum atomic E-state index is 13.7. The fourth-order valence-corrected chi connectivity index (χ4v) is 1.44. The SMILES string of the molecule is Fc1c(F)c(F)c(C(F)(F)c2ncc[nH]2)c(F)c1F. The normalized spacial score (nSPS) is 11.9. The molecule has 1 heterocycles. The van der Waals surface area contributed by atoms with Crippen LogP contribution in [-0.2, 0) is 5.92 Å². The van der Waals surface area contributed by atoms with E-state index < -0.39 is 46.4 Å². The Kier molecular flexibility index (Phi) is 2.99. The highest BCUT2D eigenvalue weighted by Crippen LogP contribution is 2.38. The molecule has 9 heteroatoms. The number of benzene rings is 1. The monoisotopic (exact) mass is 284 g/mol. The quantitative estimate of drug-likeness (QED) is 0.512. The highest BCUT2D eigenvalue weighted by atomic mass is 19.3. The van der Waals surface area contributed by atoms with E-state index in [0.29, 0.717) is 0 Å². The number of aromatic nitrogens is 2. The molecule has 2 nitrogen and oxygen atoms in total. The number of hydrogen-bond donors (Lipinski definition) is 1. The summed E-state index contributed by atoms with van der Waals surface area (Å²) in [7, 11) is 0. The van der Waals surface area contributed by atoms with Gasteiger partial charge < -0.3 is 4.98 Å². The van der Waals surface area contributed by atoms with Crippen LogP contribution >= 0.6 is 0 Å². The van der Waals surface area contributed by atoms with E-state index in [1.807, 2.05) is 4.98 Å². The third kappa shape index (κ3) is 1.85. The molecular weight excluding hydrogens is 281 g/mol. The number of hydrogen-bond acceptors (Lipinski definition) is 1. The van der Waals surface area contributed by atoms with Crippen molar-refractivity contribution in [3.05, 3.63) is 52.9 Å². The van der Waals surface area contributed by atoms with Gasteiger partial charge in [0, 0.05) is 12.4 Å². The van der Waals surface area contributed by atoms with Crippen LogP contribution < -0.4 is 0 Å². The molecule has 19 heavy (non-hydrogen) atoms. The summed E-state index contributed by atoms with van der Waals surface area (Å²) in [6, 6.07) is 0. The van der Waals surface area contributed by atoms with E-state index in [4.69, 9.17) is 0 Å². The van der Waals surface area contributed by atoms with Crippen LogP contribution in [-0.4, -0.2) is 9.97 Å². The summed E-state index contributed by atoms with van der Waals surface area (Å²) in [5.74, 6) is -18.3. The van der Waals surface area contributed by atoms with E-state index in [2.05, 4.69) is 4.98 Å². The summed E-state index contributed by atoms with van der Waals surface area (Å²) in [5, 5.41) is 0. The average molecular weight is 284 g/mol. The lowest BCUT2D eigenvalue weighted by Crippen LogP contribution is -2.23. The molecule has 1 aromatic carbocycles. The third-order valence-electron chi connectivity index (χ3n) is 2.32. The summed E-state index contributed by atoms with van der Waals surface area (Å²) < 4.78 is 92.3. The number of aromatic amines is 1. The van der Waals surface area contributed by atoms with Crippen molar-refractivity contribution in [2.45, 2.75) is 5.92 Å². The number of rotatable bonds is 2. The lowest BCUT2D eigenvalue weighted by Gasteiger charge is -2.16. The van der Waals surface area contributed by atoms with Crippen LogP contribution in [0.3, 0.4) is 0 Å². The van der Waals surface area contributed by atoms with Crippen molar-refractivity contribution >= 4 is 0 Å². The van der Waals surface area contributed by atoms with Crippen LogP contribution in [0, 0.1) is 29.1 Å². The molecule has 0 bridgehead atoms. The zero-order valence-electron chi connectivity index (χ0n) is 8.75. The lowest BCUT2D eigenvalue weighted by atomic mass is 10.1. The molecule has 2 rings (SSSR count). The van der Waals surface area contributed by atoms with Crippen LogP contribution in [0.4, 0.5) is 30.7 Å². The van der Waals surface area contributed by atoms with Gasteiger partial charge in [0.05, 0.1) is 0 Å². The number of imidazole rings is 1. The standard InChI is InChI=1S/C10H3F7N2/c11-4-3(5(12)7(14)8(15)6(4)13)10(16,17)9-18-1-2-19-9/h1-2H,(H,18,19). The van der Waals surface area contributed by atoms with Crippen molar-refractivity contribution in [1.29, 1.82) is 0 Å². The maximum Gasteiger partial charge on any atom is 0.335 e. The third-order valence-corrected chi connectivity index (χ3v) is 2.32. The molecule has 0 spiro atoms. The van der Waals surface area contributed by atoms with Gasteiger partial charge in [0.1, 0.15) is 5.56 Å². The Labute approximate surface area is 100 Å². The topological polar surface area (TPSA) is 28.7 Å². The van der Waals surface area contributed by atoms with Crippen molar-refractivity contribution in [3.8, 4) is 0 Å². The smallest absolute Gasteiger partial charge is 0.335 e. The summed E-state index contributed by atoms with van der Waals surface area (Å²) in [5.41, 5.74) is -2.25. The molecule has 0 saturated heterocycles. The first-order valence-corrected chi connectivity index (χ1v) is 4.68. The lowest BCUT2D eigenvalue weighted by molar-refractivity contribution is 0.0237. The number of nitrogens with zero attached hydrogens (tertiary/aromatic N) is 1. The first-order chi connectivity index (χ1) is 8.78. The molecule has 0 aliphatic rings. The van der Waals surface area contributed by atoms with Gasteiger partial charge in [-0.15, -0.1) is 0 Å². The van der Waals surface area contributed by atoms with Crippen LogP contribution in [0.15, 0.2) is 12.4 Å². The number of H-pyrrole nitrogens is 1. The van der Waals surface area contributed by atoms with Gasteiger partial charge in [0.15, 0.2) is 29.1 Å². The number of halogens is 7. The van der Waals surface area contributed by atoms with E-state index in [1.54, 1.807) is 0 Å². The van der Waals surface area contributed by atoms with Crippen LogP contribution in [0.2, 0.25) is 0 Å². The second-order valence-corrected chi connectivity index (χ2v) is 3.46. The van der Waals surface area contributed by atoms with Gasteiger partial charge >= 0.3 is 5.92 Å². The van der Waals surface area contributed by atoms with E-state index in [0.717, 1.165) is 12.4 Å². The van der Waals surface area contributed by atoms with Gasteiger partial charge in [0.25, 0.3) is 0 Å². The van der Waals surface area contributed by atoms with E-state index in [1.165, 1.54) is 0 Å². The molecule has 2 aromatic rings. The maximum absolute atomic E-state index is 13.7. The molecule has 1 aromatic heterocycles. The average Bonchev–Trinajstić information content (AvgIpc) is 2.88. The Morgan fingerprint density at radius 3 is 1.74 bits per heavy atom. The van der Waals surface area contributed by atoms with Gasteiger partial charge in [-0.3, -0.25) is 0 Å². The van der Waals surface area contributed by atoms with Crippen molar-refractivity contribution in [2.75, 3.05) is 0 Å². The van der Waals surface area contributed by atoms with Crippen molar-refractivity contribution in [1.82, 2.24) is 9.97 Å². The van der Waals surface area contributed by atoms with Crippen molar-refractivity contribution < 1.29 is 30.7 Å². The largest absolute Gasteiger partial charge is 0.343 e. The zero-order valence-corrected chi connectivity index (χ0v) is 8.75. The molecule has 0 radical (unpaired) electrons. The molecule has 0 saturated carbocycles. The molecule has 0 fully saturated rings. The Morgan fingerprint density at radius 1 is 0.842 bits per heavy atom. The summed E-state index contributed by atoms with van der Waals surface area (Å²) in [6.45, 7) is 0. The highest BCUT2D eigenvalue weighted by molar-refractivity contribution is 5.32. The molecule has 0 aliphatic carbocycles. The molecule has 1 N–H and O–H groups in total. The van der Waals surface area contributed by atoms with E-state index in [-0.39, 0.29) is 0 Å². The highest BCUT2D eigenvalue weighted by Gasteiger charge is 2.45. The molecule has 0 atom stereocenters. The first kappa shape index (κ1) is 13.4. The number of alkyl halides is 2. The van der Waals surface area contributed by atoms with Crippen molar-refractivity contribution in [3.63, 3.8) is 0 Å². The van der Waals surface area contributed by atoms with Crippen LogP contribution in [0.1, 0.15) is 11.4 Å². The van der Waals surface area contributed by atoms with Gasteiger partial charge in [-0.05, 0) is 0 Å². The molecule has 0 amide bonds. The van der Waals surface area contributed by atoms with Gasteiger partial charge in [-0.1, -0.05) is 0 Å². The molecular formula is C10H3F7N2. The van der Waals surface area contributed by atoms with E-state index in [9.17, 15) is 30.7 Å². The Morgan fingerprint density at radius 2 is 1.32 bits per heavy atom. The summed E-state index contributed by atoms with van der Waals surface area (Å²) >= 11 is 0. The predicted octanol–water partition coefficient (Wildman–Crippen LogP) is 3.25. The predicted molar refractivity (Wildman–Crippen MR) is 47.8 cm³/mol. The zero-order chi connectivity index (χ0) is 14.4. The minimum Gasteiger partial charge on any atom is -0.343 e. The molecule has 0 aliphatic heterocycles. The van der Waals surface area contributed by atoms with Gasteiger partial charge in [0.2, 0.25) is 5.82 Å². The minimum atomic E-state index is -4.49. The Bertz CT molecular complexity index is 592. The van der Waals surface area contributed by atoms with E-state index >= 15 is 0 Å². The van der Waals surface area contributed by atoms with Crippen molar-refractivity contribution in [2.24, 2.45) is 0 Å². The fourth-order valence-electron chi connectivity index (χ4n) is 1.44. The number of nitrogens with one attached hydrogen (secondary N) is 1. The molecule has 102 valence electrons. The fraction of sp³-hybridized carbons (Fsp3) is 0.100. The van der Waals surface area contributed by atoms with Crippen LogP contribution in [0.25, 0.3) is 0 Å². The second-order valence-electron chi connectivity index (χ2n) is 3.46.